The lowest BCUT2D eigenvalue weighted by molar-refractivity contribution is 0.411. The van der Waals surface area contributed by atoms with Gasteiger partial charge in [-0.05, 0) is 18.2 Å². The van der Waals surface area contributed by atoms with E-state index in [0.29, 0.717) is 11.5 Å². The third-order valence-electron chi connectivity index (χ3n) is 2.16. The van der Waals surface area contributed by atoms with E-state index in [1.165, 1.54) is 0 Å². The van der Waals surface area contributed by atoms with Crippen LogP contribution < -0.4 is 0 Å². The smallest absolute Gasteiger partial charge is 0.200 e. The summed E-state index contributed by atoms with van der Waals surface area (Å²) in [5.41, 5.74) is 1.99. The van der Waals surface area contributed by atoms with Crippen molar-refractivity contribution in [2.45, 2.75) is 26.2 Å². The van der Waals surface area contributed by atoms with Gasteiger partial charge < -0.3 is 4.42 Å². The number of fused-ring (bicyclic) bond motifs is 1. The standard InChI is InChI=1S/C12H12N2O/c1-12(2,3)11-14-9-6-8(7-13)4-5-10(9)15-11/h4-6H,1-3H3. The molecule has 0 radical (unpaired) electrons. The van der Waals surface area contributed by atoms with Crippen molar-refractivity contribution in [3.63, 3.8) is 0 Å². The van der Waals surface area contributed by atoms with Crippen molar-refractivity contribution in [3.8, 4) is 6.07 Å². The van der Waals surface area contributed by atoms with E-state index in [1.54, 1.807) is 18.2 Å². The molecule has 76 valence electrons. The first-order valence-corrected chi connectivity index (χ1v) is 4.82. The van der Waals surface area contributed by atoms with Crippen LogP contribution in [-0.2, 0) is 5.41 Å². The van der Waals surface area contributed by atoms with Gasteiger partial charge in [-0.25, -0.2) is 4.98 Å². The fourth-order valence-electron chi connectivity index (χ4n) is 1.32. The van der Waals surface area contributed by atoms with Crippen LogP contribution in [0.2, 0.25) is 0 Å². The van der Waals surface area contributed by atoms with Crippen molar-refractivity contribution in [1.29, 1.82) is 5.26 Å². The SMILES string of the molecule is CC(C)(C)c1nc2cc(C#N)ccc2o1. The average molecular weight is 200 g/mol. The molecule has 0 atom stereocenters. The van der Waals surface area contributed by atoms with Crippen molar-refractivity contribution >= 4 is 11.1 Å². The highest BCUT2D eigenvalue weighted by Gasteiger charge is 2.20. The van der Waals surface area contributed by atoms with Crippen LogP contribution in [0.5, 0.6) is 0 Å². The molecule has 0 aliphatic heterocycles. The van der Waals surface area contributed by atoms with E-state index in [4.69, 9.17) is 9.68 Å². The summed E-state index contributed by atoms with van der Waals surface area (Å²) in [7, 11) is 0. The molecule has 3 heteroatoms. The lowest BCUT2D eigenvalue weighted by Crippen LogP contribution is -2.10. The highest BCUT2D eigenvalue weighted by atomic mass is 16.3. The number of nitrogens with zero attached hydrogens (tertiary/aromatic N) is 2. The molecule has 0 saturated carbocycles. The summed E-state index contributed by atoms with van der Waals surface area (Å²) in [6.45, 7) is 6.13. The van der Waals surface area contributed by atoms with E-state index in [2.05, 4.69) is 11.1 Å². The molecular weight excluding hydrogens is 188 g/mol. The summed E-state index contributed by atoms with van der Waals surface area (Å²) in [4.78, 5) is 4.37. The highest BCUT2D eigenvalue weighted by molar-refractivity contribution is 5.74. The number of aromatic nitrogens is 1. The van der Waals surface area contributed by atoms with Gasteiger partial charge in [0.15, 0.2) is 5.58 Å². The summed E-state index contributed by atoms with van der Waals surface area (Å²) in [6, 6.07) is 7.35. The van der Waals surface area contributed by atoms with Crippen molar-refractivity contribution in [3.05, 3.63) is 29.7 Å². The van der Waals surface area contributed by atoms with Crippen LogP contribution in [0.15, 0.2) is 22.6 Å². The maximum Gasteiger partial charge on any atom is 0.200 e. The monoisotopic (exact) mass is 200 g/mol. The van der Waals surface area contributed by atoms with Gasteiger partial charge in [-0.15, -0.1) is 0 Å². The van der Waals surface area contributed by atoms with Gasteiger partial charge in [0, 0.05) is 5.41 Å². The average Bonchev–Trinajstić information content (AvgIpc) is 2.59. The molecule has 0 amide bonds. The molecule has 1 heterocycles. The second-order valence-electron chi connectivity index (χ2n) is 4.56. The summed E-state index contributed by atoms with van der Waals surface area (Å²) >= 11 is 0. The molecule has 0 fully saturated rings. The molecule has 0 bridgehead atoms. The third kappa shape index (κ3) is 1.71. The van der Waals surface area contributed by atoms with Gasteiger partial charge in [-0.1, -0.05) is 20.8 Å². The Kier molecular flexibility index (Phi) is 2.01. The van der Waals surface area contributed by atoms with E-state index in [9.17, 15) is 0 Å². The van der Waals surface area contributed by atoms with Gasteiger partial charge in [0.25, 0.3) is 0 Å². The van der Waals surface area contributed by atoms with Crippen LogP contribution in [0.3, 0.4) is 0 Å². The zero-order chi connectivity index (χ0) is 11.1. The Labute approximate surface area is 88.3 Å². The Hall–Kier alpha value is -1.82. The first kappa shape index (κ1) is 9.72. The Morgan fingerprint density at radius 1 is 1.33 bits per heavy atom. The summed E-state index contributed by atoms with van der Waals surface area (Å²) in [5.74, 6) is 0.701. The number of rotatable bonds is 0. The number of hydrogen-bond acceptors (Lipinski definition) is 3. The van der Waals surface area contributed by atoms with Crippen molar-refractivity contribution < 1.29 is 4.42 Å². The van der Waals surface area contributed by atoms with E-state index in [0.717, 1.165) is 11.1 Å². The van der Waals surface area contributed by atoms with Crippen LogP contribution in [0, 0.1) is 11.3 Å². The molecule has 0 unspecified atom stereocenters. The van der Waals surface area contributed by atoms with Crippen LogP contribution >= 0.6 is 0 Å². The zero-order valence-corrected chi connectivity index (χ0v) is 9.03. The largest absolute Gasteiger partial charge is 0.440 e. The van der Waals surface area contributed by atoms with Gasteiger partial charge in [0.2, 0.25) is 5.89 Å². The molecule has 2 aromatic rings. The molecular formula is C12H12N2O. The first-order chi connectivity index (χ1) is 7.00. The van der Waals surface area contributed by atoms with Gasteiger partial charge in [-0.2, -0.15) is 5.26 Å². The molecule has 0 spiro atoms. The number of benzene rings is 1. The van der Waals surface area contributed by atoms with Crippen molar-refractivity contribution in [2.24, 2.45) is 0 Å². The topological polar surface area (TPSA) is 49.8 Å². The second kappa shape index (κ2) is 3.09. The molecule has 1 aromatic carbocycles. The predicted octanol–water partition coefficient (Wildman–Crippen LogP) is 3.00. The van der Waals surface area contributed by atoms with Gasteiger partial charge in [-0.3, -0.25) is 0 Å². The molecule has 3 nitrogen and oxygen atoms in total. The minimum Gasteiger partial charge on any atom is -0.440 e. The van der Waals surface area contributed by atoms with E-state index >= 15 is 0 Å². The summed E-state index contributed by atoms with van der Waals surface area (Å²) < 4.78 is 5.61. The minimum atomic E-state index is -0.105. The molecule has 1 aromatic heterocycles. The molecule has 0 aliphatic rings. The van der Waals surface area contributed by atoms with E-state index in [-0.39, 0.29) is 5.41 Å². The first-order valence-electron chi connectivity index (χ1n) is 4.82. The van der Waals surface area contributed by atoms with Gasteiger partial charge in [0.1, 0.15) is 5.52 Å². The van der Waals surface area contributed by atoms with E-state index in [1.807, 2.05) is 20.8 Å². The summed E-state index contributed by atoms with van der Waals surface area (Å²) in [6.07, 6.45) is 0. The van der Waals surface area contributed by atoms with Crippen LogP contribution in [0.25, 0.3) is 11.1 Å². The Bertz CT molecular complexity index is 541. The van der Waals surface area contributed by atoms with E-state index < -0.39 is 0 Å². The molecule has 15 heavy (non-hydrogen) atoms. The van der Waals surface area contributed by atoms with Crippen molar-refractivity contribution in [2.75, 3.05) is 0 Å². The molecule has 0 aliphatic carbocycles. The third-order valence-corrected chi connectivity index (χ3v) is 2.16. The fraction of sp³-hybridized carbons (Fsp3) is 0.333. The Morgan fingerprint density at radius 3 is 2.67 bits per heavy atom. The normalized spacial score (nSPS) is 11.6. The zero-order valence-electron chi connectivity index (χ0n) is 9.03. The predicted molar refractivity (Wildman–Crippen MR) is 57.4 cm³/mol. The van der Waals surface area contributed by atoms with Gasteiger partial charge >= 0.3 is 0 Å². The Balaban J connectivity index is 2.62. The number of nitriles is 1. The Morgan fingerprint density at radius 2 is 2.07 bits per heavy atom. The van der Waals surface area contributed by atoms with Crippen LogP contribution in [0.1, 0.15) is 32.2 Å². The summed E-state index contributed by atoms with van der Waals surface area (Å²) in [5, 5.41) is 8.76. The lowest BCUT2D eigenvalue weighted by Gasteiger charge is -2.11. The van der Waals surface area contributed by atoms with Crippen LogP contribution in [-0.4, -0.2) is 4.98 Å². The number of oxazole rings is 1. The second-order valence-corrected chi connectivity index (χ2v) is 4.56. The molecule has 0 N–H and O–H groups in total. The highest BCUT2D eigenvalue weighted by Crippen LogP contribution is 2.25. The maximum absolute atomic E-state index is 8.76. The molecule has 2 rings (SSSR count). The lowest BCUT2D eigenvalue weighted by atomic mass is 9.97. The fourth-order valence-corrected chi connectivity index (χ4v) is 1.32. The maximum atomic E-state index is 8.76. The molecule has 0 saturated heterocycles. The van der Waals surface area contributed by atoms with Crippen molar-refractivity contribution in [1.82, 2.24) is 4.98 Å². The quantitative estimate of drug-likeness (QED) is 0.656. The van der Waals surface area contributed by atoms with Gasteiger partial charge in [0.05, 0.1) is 11.6 Å². The number of hydrogen-bond donors (Lipinski definition) is 0. The van der Waals surface area contributed by atoms with Crippen LogP contribution in [0.4, 0.5) is 0 Å². The minimum absolute atomic E-state index is 0.105.